The summed E-state index contributed by atoms with van der Waals surface area (Å²) in [6.45, 7) is -1.70. The number of carbonyl (C=O) groups is 1. The smallest absolute Gasteiger partial charge is 0.387 e. The summed E-state index contributed by atoms with van der Waals surface area (Å²) in [6.07, 6.45) is -0.199. The Labute approximate surface area is 114 Å². The van der Waals surface area contributed by atoms with Gasteiger partial charge in [0.2, 0.25) is 0 Å². The first-order chi connectivity index (χ1) is 9.51. The number of rotatable bonds is 6. The van der Waals surface area contributed by atoms with Gasteiger partial charge in [0.05, 0.1) is 25.2 Å². The molecule has 0 heterocycles. The van der Waals surface area contributed by atoms with E-state index < -0.39 is 19.2 Å². The number of aliphatic hydroxyl groups is 1. The van der Waals surface area contributed by atoms with Gasteiger partial charge in [-0.25, -0.2) is 0 Å². The van der Waals surface area contributed by atoms with E-state index in [0.717, 1.165) is 6.07 Å². The zero-order chi connectivity index (χ0) is 15.1. The molecular weight excluding hydrogens is 272 g/mol. The average Bonchev–Trinajstić information content (AvgIpc) is 2.38. The molecule has 1 N–H and O–H groups in total. The standard InChI is InChI=1S/C13H13F2NO4/c1-2-19-12(18)5-8-4-11(20-13(14)15)9(6-16)3-10(8)7-17/h3-4,13,17H,2,5,7H2,1H3. The fourth-order valence-corrected chi connectivity index (χ4v) is 1.63. The molecule has 1 aromatic rings. The lowest BCUT2D eigenvalue weighted by molar-refractivity contribution is -0.142. The molecule has 0 spiro atoms. The van der Waals surface area contributed by atoms with Crippen molar-refractivity contribution in [1.29, 1.82) is 5.26 Å². The SMILES string of the molecule is CCOC(=O)Cc1cc(OC(F)F)c(C#N)cc1CO. The van der Waals surface area contributed by atoms with Gasteiger partial charge in [-0.05, 0) is 30.2 Å². The largest absolute Gasteiger partial charge is 0.466 e. The van der Waals surface area contributed by atoms with Crippen LogP contribution in [0.15, 0.2) is 12.1 Å². The Kier molecular flexibility index (Phi) is 5.87. The second-order valence-corrected chi connectivity index (χ2v) is 3.75. The second kappa shape index (κ2) is 7.40. The number of nitrogens with zero attached hydrogens (tertiary/aromatic N) is 1. The van der Waals surface area contributed by atoms with Crippen molar-refractivity contribution in [1.82, 2.24) is 0 Å². The van der Waals surface area contributed by atoms with Crippen molar-refractivity contribution in [3.63, 3.8) is 0 Å². The van der Waals surface area contributed by atoms with E-state index in [1.54, 1.807) is 13.0 Å². The van der Waals surface area contributed by atoms with Gasteiger partial charge in [-0.1, -0.05) is 0 Å². The van der Waals surface area contributed by atoms with E-state index in [4.69, 9.17) is 10.00 Å². The van der Waals surface area contributed by atoms with Crippen LogP contribution in [0.5, 0.6) is 5.75 Å². The predicted octanol–water partition coefficient (Wildman–Crippen LogP) is 1.76. The molecule has 0 saturated carbocycles. The molecule has 0 aromatic heterocycles. The number of halogens is 2. The zero-order valence-corrected chi connectivity index (χ0v) is 10.7. The minimum atomic E-state index is -3.09. The molecule has 108 valence electrons. The van der Waals surface area contributed by atoms with Crippen molar-refractivity contribution in [3.05, 3.63) is 28.8 Å². The van der Waals surface area contributed by atoms with Crippen molar-refractivity contribution in [2.75, 3.05) is 6.61 Å². The summed E-state index contributed by atoms with van der Waals surface area (Å²) in [4.78, 5) is 11.4. The summed E-state index contributed by atoms with van der Waals surface area (Å²) in [7, 11) is 0. The first-order valence-electron chi connectivity index (χ1n) is 5.79. The molecular formula is C13H13F2NO4. The van der Waals surface area contributed by atoms with E-state index in [9.17, 15) is 18.7 Å². The van der Waals surface area contributed by atoms with Crippen LogP contribution in [0, 0.1) is 11.3 Å². The maximum absolute atomic E-state index is 12.3. The van der Waals surface area contributed by atoms with Crippen molar-refractivity contribution >= 4 is 5.97 Å². The van der Waals surface area contributed by atoms with Gasteiger partial charge in [0.1, 0.15) is 11.8 Å². The molecule has 1 aromatic carbocycles. The molecule has 5 nitrogen and oxygen atoms in total. The normalized spacial score (nSPS) is 10.2. The highest BCUT2D eigenvalue weighted by Gasteiger charge is 2.16. The van der Waals surface area contributed by atoms with Crippen LogP contribution in [0.1, 0.15) is 23.6 Å². The van der Waals surface area contributed by atoms with Crippen LogP contribution >= 0.6 is 0 Å². The van der Waals surface area contributed by atoms with Crippen molar-refractivity contribution in [3.8, 4) is 11.8 Å². The minimum absolute atomic E-state index is 0.137. The zero-order valence-electron chi connectivity index (χ0n) is 10.7. The molecule has 20 heavy (non-hydrogen) atoms. The molecule has 0 amide bonds. The molecule has 0 aliphatic carbocycles. The maximum Gasteiger partial charge on any atom is 0.387 e. The molecule has 1 rings (SSSR count). The number of ether oxygens (including phenoxy) is 2. The Morgan fingerprint density at radius 2 is 2.15 bits per heavy atom. The maximum atomic E-state index is 12.3. The van der Waals surface area contributed by atoms with E-state index in [0.29, 0.717) is 0 Å². The van der Waals surface area contributed by atoms with E-state index in [2.05, 4.69) is 4.74 Å². The molecule has 7 heteroatoms. The summed E-state index contributed by atoms with van der Waals surface area (Å²) < 4.78 is 33.5. The molecule has 0 saturated heterocycles. The average molecular weight is 285 g/mol. The highest BCUT2D eigenvalue weighted by molar-refractivity contribution is 5.73. The number of carbonyl (C=O) groups excluding carboxylic acids is 1. The van der Waals surface area contributed by atoms with Gasteiger partial charge in [-0.15, -0.1) is 0 Å². The monoisotopic (exact) mass is 285 g/mol. The molecule has 0 fully saturated rings. The van der Waals surface area contributed by atoms with E-state index in [-0.39, 0.29) is 35.5 Å². The number of aliphatic hydroxyl groups excluding tert-OH is 1. The topological polar surface area (TPSA) is 79.5 Å². The Hall–Kier alpha value is -2.20. The first kappa shape index (κ1) is 15.9. The third-order valence-electron chi connectivity index (χ3n) is 2.45. The molecule has 0 radical (unpaired) electrons. The fourth-order valence-electron chi connectivity index (χ4n) is 1.63. The summed E-state index contributed by atoms with van der Waals surface area (Å²) in [5, 5.41) is 18.1. The van der Waals surface area contributed by atoms with Gasteiger partial charge < -0.3 is 14.6 Å². The summed E-state index contributed by atoms with van der Waals surface area (Å²) in [5.74, 6) is -0.895. The Bertz CT molecular complexity index is 526. The third kappa shape index (κ3) is 4.17. The van der Waals surface area contributed by atoms with Gasteiger partial charge >= 0.3 is 12.6 Å². The van der Waals surface area contributed by atoms with Gasteiger partial charge in [-0.3, -0.25) is 4.79 Å². The number of alkyl halides is 2. The Balaban J connectivity index is 3.14. The predicted molar refractivity (Wildman–Crippen MR) is 64.0 cm³/mol. The Morgan fingerprint density at radius 1 is 1.45 bits per heavy atom. The van der Waals surface area contributed by atoms with Crippen molar-refractivity contribution in [2.24, 2.45) is 0 Å². The molecule has 0 unspecified atom stereocenters. The van der Waals surface area contributed by atoms with Gasteiger partial charge in [0, 0.05) is 0 Å². The van der Waals surface area contributed by atoms with E-state index in [1.165, 1.54) is 6.07 Å². The van der Waals surface area contributed by atoms with Gasteiger partial charge in [0.25, 0.3) is 0 Å². The minimum Gasteiger partial charge on any atom is -0.466 e. The lowest BCUT2D eigenvalue weighted by Gasteiger charge is -2.12. The Morgan fingerprint density at radius 3 is 2.65 bits per heavy atom. The molecule has 0 atom stereocenters. The van der Waals surface area contributed by atoms with Crippen LogP contribution in [-0.4, -0.2) is 24.3 Å². The fraction of sp³-hybridized carbons (Fsp3) is 0.385. The lowest BCUT2D eigenvalue weighted by atomic mass is 10.0. The quantitative estimate of drug-likeness (QED) is 0.806. The summed E-state index contributed by atoms with van der Waals surface area (Å²) in [5.41, 5.74) is 0.429. The van der Waals surface area contributed by atoms with Crippen LogP contribution in [0.25, 0.3) is 0 Å². The van der Waals surface area contributed by atoms with E-state index in [1.807, 2.05) is 0 Å². The summed E-state index contributed by atoms with van der Waals surface area (Å²) >= 11 is 0. The summed E-state index contributed by atoms with van der Waals surface area (Å²) in [6, 6.07) is 4.06. The lowest BCUT2D eigenvalue weighted by Crippen LogP contribution is -2.11. The first-order valence-corrected chi connectivity index (χ1v) is 5.79. The van der Waals surface area contributed by atoms with Crippen LogP contribution < -0.4 is 4.74 Å². The van der Waals surface area contributed by atoms with Crippen LogP contribution in [0.3, 0.4) is 0 Å². The molecule has 0 aliphatic heterocycles. The van der Waals surface area contributed by atoms with Crippen LogP contribution in [0.4, 0.5) is 8.78 Å². The highest BCUT2D eigenvalue weighted by Crippen LogP contribution is 2.25. The van der Waals surface area contributed by atoms with Gasteiger partial charge in [0.15, 0.2) is 0 Å². The number of hydrogen-bond donors (Lipinski definition) is 1. The van der Waals surface area contributed by atoms with Crippen molar-refractivity contribution < 1.29 is 28.2 Å². The number of nitriles is 1. The number of benzene rings is 1. The number of esters is 1. The third-order valence-corrected chi connectivity index (χ3v) is 2.45. The highest BCUT2D eigenvalue weighted by atomic mass is 19.3. The van der Waals surface area contributed by atoms with Crippen LogP contribution in [-0.2, 0) is 22.6 Å². The van der Waals surface area contributed by atoms with Gasteiger partial charge in [-0.2, -0.15) is 14.0 Å². The van der Waals surface area contributed by atoms with E-state index >= 15 is 0 Å². The van der Waals surface area contributed by atoms with Crippen molar-refractivity contribution in [2.45, 2.75) is 26.6 Å². The molecule has 0 aliphatic rings. The van der Waals surface area contributed by atoms with Crippen LogP contribution in [0.2, 0.25) is 0 Å². The number of hydrogen-bond acceptors (Lipinski definition) is 5. The molecule has 0 bridgehead atoms. The second-order valence-electron chi connectivity index (χ2n) is 3.75.